The maximum absolute atomic E-state index is 12.1. The molecule has 98 valence electrons. The van der Waals surface area contributed by atoms with Crippen LogP contribution in [0.15, 0.2) is 24.3 Å². The van der Waals surface area contributed by atoms with E-state index in [1.807, 2.05) is 24.3 Å². The summed E-state index contributed by atoms with van der Waals surface area (Å²) in [7, 11) is 0. The number of hydrogen-bond acceptors (Lipinski definition) is 1. The molecule has 0 saturated heterocycles. The average molecular weight is 378 g/mol. The van der Waals surface area contributed by atoms with Crippen LogP contribution >= 0.6 is 34.2 Å². The van der Waals surface area contributed by atoms with Crippen LogP contribution in [0.3, 0.4) is 0 Å². The minimum absolute atomic E-state index is 0.0105. The molecule has 4 heteroatoms. The van der Waals surface area contributed by atoms with Crippen molar-refractivity contribution in [3.8, 4) is 0 Å². The largest absolute Gasteiger partial charge is 0.351 e. The molecule has 0 heterocycles. The van der Waals surface area contributed by atoms with Gasteiger partial charge in [-0.1, -0.05) is 25.0 Å². The zero-order valence-corrected chi connectivity index (χ0v) is 13.1. The van der Waals surface area contributed by atoms with Gasteiger partial charge in [-0.15, -0.1) is 11.6 Å². The van der Waals surface area contributed by atoms with E-state index in [-0.39, 0.29) is 11.3 Å². The Labute approximate surface area is 127 Å². The van der Waals surface area contributed by atoms with Gasteiger partial charge in [-0.3, -0.25) is 4.79 Å². The molecule has 0 radical (unpaired) electrons. The lowest BCUT2D eigenvalue weighted by Crippen LogP contribution is -2.37. The number of carbonyl (C=O) groups excluding carboxylic acids is 1. The van der Waals surface area contributed by atoms with E-state index in [1.54, 1.807) is 0 Å². The van der Waals surface area contributed by atoms with Gasteiger partial charge in [-0.25, -0.2) is 0 Å². The highest BCUT2D eigenvalue weighted by molar-refractivity contribution is 14.1. The number of amides is 1. The standard InChI is InChI=1S/C14H17ClINO/c15-9-14(7-3-4-8-14)10-17-13(18)11-5-1-2-6-12(11)16/h1-2,5-6H,3-4,7-10H2,(H,17,18). The second-order valence-electron chi connectivity index (χ2n) is 5.00. The number of benzene rings is 1. The van der Waals surface area contributed by atoms with Crippen LogP contribution in [-0.4, -0.2) is 18.3 Å². The fourth-order valence-corrected chi connectivity index (χ4v) is 3.49. The lowest BCUT2D eigenvalue weighted by molar-refractivity contribution is 0.0934. The molecule has 1 saturated carbocycles. The second kappa shape index (κ2) is 6.24. The predicted molar refractivity (Wildman–Crippen MR) is 83.1 cm³/mol. The second-order valence-corrected chi connectivity index (χ2v) is 6.43. The van der Waals surface area contributed by atoms with Gasteiger partial charge in [-0.2, -0.15) is 0 Å². The van der Waals surface area contributed by atoms with E-state index in [0.717, 1.165) is 22.0 Å². The van der Waals surface area contributed by atoms with Crippen molar-refractivity contribution in [2.75, 3.05) is 12.4 Å². The summed E-state index contributed by atoms with van der Waals surface area (Å²) in [6, 6.07) is 7.64. The van der Waals surface area contributed by atoms with Crippen molar-refractivity contribution >= 4 is 40.1 Å². The van der Waals surface area contributed by atoms with Gasteiger partial charge < -0.3 is 5.32 Å². The third kappa shape index (κ3) is 3.18. The van der Waals surface area contributed by atoms with E-state index in [2.05, 4.69) is 27.9 Å². The Balaban J connectivity index is 1.98. The van der Waals surface area contributed by atoms with Gasteiger partial charge in [0.2, 0.25) is 0 Å². The van der Waals surface area contributed by atoms with Gasteiger partial charge >= 0.3 is 0 Å². The first-order chi connectivity index (χ1) is 8.67. The maximum atomic E-state index is 12.1. The van der Waals surface area contributed by atoms with Crippen LogP contribution in [-0.2, 0) is 0 Å². The summed E-state index contributed by atoms with van der Waals surface area (Å²) in [5, 5.41) is 3.05. The van der Waals surface area contributed by atoms with Crippen molar-refractivity contribution in [2.45, 2.75) is 25.7 Å². The van der Waals surface area contributed by atoms with Crippen LogP contribution in [0.4, 0.5) is 0 Å². The Morgan fingerprint density at radius 3 is 2.61 bits per heavy atom. The van der Waals surface area contributed by atoms with Crippen LogP contribution in [0.5, 0.6) is 0 Å². The fourth-order valence-electron chi connectivity index (χ4n) is 2.49. The summed E-state index contributed by atoms with van der Waals surface area (Å²) in [5.41, 5.74) is 0.873. The Hall–Kier alpha value is -0.290. The summed E-state index contributed by atoms with van der Waals surface area (Å²) in [6.45, 7) is 0.695. The van der Waals surface area contributed by atoms with Gasteiger partial charge in [0.15, 0.2) is 0 Å². The van der Waals surface area contributed by atoms with Gasteiger partial charge in [-0.05, 0) is 47.6 Å². The molecule has 0 spiro atoms. The van der Waals surface area contributed by atoms with Gasteiger partial charge in [0, 0.05) is 21.4 Å². The van der Waals surface area contributed by atoms with Crippen molar-refractivity contribution in [1.29, 1.82) is 0 Å². The van der Waals surface area contributed by atoms with Crippen molar-refractivity contribution in [3.63, 3.8) is 0 Å². The van der Waals surface area contributed by atoms with E-state index in [0.29, 0.717) is 12.4 Å². The highest BCUT2D eigenvalue weighted by Crippen LogP contribution is 2.38. The Bertz CT molecular complexity index is 430. The molecule has 1 amide bonds. The predicted octanol–water partition coefficient (Wildman–Crippen LogP) is 3.82. The zero-order chi connectivity index (χ0) is 13.0. The number of hydrogen-bond donors (Lipinski definition) is 1. The number of carbonyl (C=O) groups is 1. The van der Waals surface area contributed by atoms with E-state index in [1.165, 1.54) is 12.8 Å². The van der Waals surface area contributed by atoms with E-state index < -0.39 is 0 Å². The molecule has 0 unspecified atom stereocenters. The lowest BCUT2D eigenvalue weighted by atomic mass is 9.88. The van der Waals surface area contributed by atoms with Crippen molar-refractivity contribution in [2.24, 2.45) is 5.41 Å². The lowest BCUT2D eigenvalue weighted by Gasteiger charge is -2.26. The minimum atomic E-state index is 0.0105. The topological polar surface area (TPSA) is 29.1 Å². The molecule has 0 aromatic heterocycles. The monoisotopic (exact) mass is 377 g/mol. The molecule has 1 aromatic rings. The van der Waals surface area contributed by atoms with Crippen LogP contribution in [0.1, 0.15) is 36.0 Å². The molecule has 0 aliphatic heterocycles. The summed E-state index contributed by atoms with van der Waals surface area (Å²) < 4.78 is 0.985. The van der Waals surface area contributed by atoms with Crippen molar-refractivity contribution in [3.05, 3.63) is 33.4 Å². The minimum Gasteiger partial charge on any atom is -0.351 e. The Morgan fingerprint density at radius 2 is 2.00 bits per heavy atom. The highest BCUT2D eigenvalue weighted by atomic mass is 127. The first-order valence-electron chi connectivity index (χ1n) is 6.26. The van der Waals surface area contributed by atoms with Crippen molar-refractivity contribution in [1.82, 2.24) is 5.32 Å². The number of nitrogens with one attached hydrogen (secondary N) is 1. The van der Waals surface area contributed by atoms with Crippen LogP contribution in [0.2, 0.25) is 0 Å². The molecule has 1 fully saturated rings. The highest BCUT2D eigenvalue weighted by Gasteiger charge is 2.33. The van der Waals surface area contributed by atoms with Crippen LogP contribution in [0, 0.1) is 8.99 Å². The number of halogens is 2. The van der Waals surface area contributed by atoms with Crippen molar-refractivity contribution < 1.29 is 4.79 Å². The molecule has 1 N–H and O–H groups in total. The molecule has 1 aliphatic rings. The molecular formula is C14H17ClINO. The summed E-state index contributed by atoms with van der Waals surface area (Å²) in [4.78, 5) is 12.1. The third-order valence-electron chi connectivity index (χ3n) is 3.69. The fraction of sp³-hybridized carbons (Fsp3) is 0.500. The number of rotatable bonds is 4. The first-order valence-corrected chi connectivity index (χ1v) is 7.87. The van der Waals surface area contributed by atoms with E-state index in [9.17, 15) is 4.79 Å². The molecule has 18 heavy (non-hydrogen) atoms. The van der Waals surface area contributed by atoms with Gasteiger partial charge in [0.25, 0.3) is 5.91 Å². The summed E-state index contributed by atoms with van der Waals surface area (Å²) in [5.74, 6) is 0.649. The van der Waals surface area contributed by atoms with Gasteiger partial charge in [0.1, 0.15) is 0 Å². The molecule has 1 aromatic carbocycles. The Morgan fingerprint density at radius 1 is 1.33 bits per heavy atom. The Kier molecular flexibility index (Phi) is 4.90. The number of alkyl halides is 1. The molecular weight excluding hydrogens is 361 g/mol. The molecule has 2 nitrogen and oxygen atoms in total. The molecule has 0 bridgehead atoms. The van der Waals surface area contributed by atoms with E-state index in [4.69, 9.17) is 11.6 Å². The zero-order valence-electron chi connectivity index (χ0n) is 10.2. The molecule has 0 atom stereocenters. The van der Waals surface area contributed by atoms with Crippen LogP contribution < -0.4 is 5.32 Å². The molecule has 2 rings (SSSR count). The smallest absolute Gasteiger partial charge is 0.252 e. The SMILES string of the molecule is O=C(NCC1(CCl)CCCC1)c1ccccc1I. The third-order valence-corrected chi connectivity index (χ3v) is 5.20. The van der Waals surface area contributed by atoms with E-state index >= 15 is 0 Å². The average Bonchev–Trinajstić information content (AvgIpc) is 2.86. The summed E-state index contributed by atoms with van der Waals surface area (Å²) in [6.07, 6.45) is 4.71. The normalized spacial score (nSPS) is 17.7. The quantitative estimate of drug-likeness (QED) is 0.627. The summed E-state index contributed by atoms with van der Waals surface area (Å²) >= 11 is 8.26. The van der Waals surface area contributed by atoms with Crippen LogP contribution in [0.25, 0.3) is 0 Å². The molecule has 1 aliphatic carbocycles. The first kappa shape index (κ1) is 14.1. The maximum Gasteiger partial charge on any atom is 0.252 e. The van der Waals surface area contributed by atoms with Gasteiger partial charge in [0.05, 0.1) is 5.56 Å².